The second-order valence-corrected chi connectivity index (χ2v) is 3.29. The van der Waals surface area contributed by atoms with E-state index < -0.39 is 0 Å². The number of hydrogen-bond donors (Lipinski definition) is 1. The predicted octanol–water partition coefficient (Wildman–Crippen LogP) is 3.48. The minimum atomic E-state index is 0.344. The van der Waals surface area contributed by atoms with Gasteiger partial charge in [-0.2, -0.15) is 0 Å². The van der Waals surface area contributed by atoms with Gasteiger partial charge in [0, 0.05) is 12.1 Å². The summed E-state index contributed by atoms with van der Waals surface area (Å²) in [6.07, 6.45) is 7.82. The van der Waals surface area contributed by atoms with Gasteiger partial charge in [0.1, 0.15) is 0 Å². The molecule has 0 radical (unpaired) electrons. The van der Waals surface area contributed by atoms with Crippen molar-refractivity contribution in [1.82, 2.24) is 0 Å². The van der Waals surface area contributed by atoms with Gasteiger partial charge < -0.3 is 5.41 Å². The van der Waals surface area contributed by atoms with Crippen LogP contribution in [0.2, 0.25) is 0 Å². The van der Waals surface area contributed by atoms with E-state index in [0.29, 0.717) is 11.2 Å². The summed E-state index contributed by atoms with van der Waals surface area (Å²) in [5.74, 6) is 0.451. The van der Waals surface area contributed by atoms with Crippen LogP contribution in [0.15, 0.2) is 23.6 Å². The first-order valence-corrected chi connectivity index (χ1v) is 5.28. The van der Waals surface area contributed by atoms with Crippen LogP contribution in [-0.2, 0) is 0 Å². The quantitative estimate of drug-likeness (QED) is 0.514. The molecule has 1 heterocycles. The van der Waals surface area contributed by atoms with Crippen LogP contribution in [0.25, 0.3) is 0 Å². The Morgan fingerprint density at radius 2 is 2.08 bits per heavy atom. The second-order valence-electron chi connectivity index (χ2n) is 2.20. The molecule has 0 aromatic carbocycles. The average molecular weight is 183 g/mol. The molecule has 1 rings (SSSR count). The van der Waals surface area contributed by atoms with Crippen molar-refractivity contribution in [2.45, 2.75) is 26.0 Å². The molecule has 1 aliphatic rings. The van der Waals surface area contributed by atoms with E-state index in [-0.39, 0.29) is 0 Å². The summed E-state index contributed by atoms with van der Waals surface area (Å²) < 4.78 is 0. The summed E-state index contributed by atoms with van der Waals surface area (Å²) in [6, 6.07) is 0. The van der Waals surface area contributed by atoms with Crippen LogP contribution in [0.5, 0.6) is 0 Å². The Morgan fingerprint density at radius 3 is 2.58 bits per heavy atom. The van der Waals surface area contributed by atoms with Crippen LogP contribution in [0.4, 0.5) is 0 Å². The summed E-state index contributed by atoms with van der Waals surface area (Å²) in [5, 5.41) is 9.50. The van der Waals surface area contributed by atoms with Gasteiger partial charge in [-0.15, -0.1) is 11.8 Å². The highest BCUT2D eigenvalue weighted by Gasteiger charge is 2.17. The Hall–Kier alpha value is -0.500. The molecule has 0 bridgehead atoms. The smallest absolute Gasteiger partial charge is 0.0532 e. The van der Waals surface area contributed by atoms with Crippen LogP contribution in [-0.4, -0.2) is 11.5 Å². The first-order chi connectivity index (χ1) is 5.88. The van der Waals surface area contributed by atoms with Crippen LogP contribution >= 0.6 is 11.8 Å². The number of rotatable bonds is 2. The van der Waals surface area contributed by atoms with Gasteiger partial charge in [0.05, 0.1) is 5.25 Å². The van der Waals surface area contributed by atoms with E-state index in [1.807, 2.05) is 26.8 Å². The lowest BCUT2D eigenvalue weighted by Gasteiger charge is -2.07. The molecule has 68 valence electrons. The van der Waals surface area contributed by atoms with Gasteiger partial charge in [0.15, 0.2) is 0 Å². The first kappa shape index (κ1) is 11.5. The molecule has 0 amide bonds. The van der Waals surface area contributed by atoms with Crippen molar-refractivity contribution in [3.05, 3.63) is 23.6 Å². The van der Waals surface area contributed by atoms with Gasteiger partial charge >= 0.3 is 0 Å². The van der Waals surface area contributed by atoms with Gasteiger partial charge in [0.2, 0.25) is 0 Å². The van der Waals surface area contributed by atoms with E-state index in [4.69, 9.17) is 5.41 Å². The summed E-state index contributed by atoms with van der Waals surface area (Å²) in [5.41, 5.74) is 0. The fourth-order valence-electron chi connectivity index (χ4n) is 0.973. The number of nitrogens with one attached hydrogen (secondary N) is 1. The third-order valence-corrected chi connectivity index (χ3v) is 2.57. The molecule has 2 atom stereocenters. The molecule has 1 nitrogen and oxygen atoms in total. The molecule has 1 aliphatic heterocycles. The van der Waals surface area contributed by atoms with E-state index in [1.165, 1.54) is 6.21 Å². The van der Waals surface area contributed by atoms with Gasteiger partial charge in [-0.1, -0.05) is 32.1 Å². The van der Waals surface area contributed by atoms with E-state index in [2.05, 4.69) is 17.6 Å². The van der Waals surface area contributed by atoms with Crippen molar-refractivity contribution in [3.8, 4) is 0 Å². The lowest BCUT2D eigenvalue weighted by molar-refractivity contribution is 0.901. The molecule has 0 spiro atoms. The Kier molecular flexibility index (Phi) is 6.87. The number of hydrogen-bond acceptors (Lipinski definition) is 2. The van der Waals surface area contributed by atoms with Gasteiger partial charge in [-0.25, -0.2) is 0 Å². The van der Waals surface area contributed by atoms with Crippen LogP contribution < -0.4 is 0 Å². The van der Waals surface area contributed by atoms with Gasteiger partial charge in [-0.05, 0) is 12.3 Å². The molecule has 0 aliphatic carbocycles. The summed E-state index contributed by atoms with van der Waals surface area (Å²) in [6.45, 7) is 6.01. The molecule has 0 saturated heterocycles. The topological polar surface area (TPSA) is 23.9 Å². The number of allylic oxidation sites excluding steroid dienone is 3. The average Bonchev–Trinajstić information content (AvgIpc) is 2.56. The van der Waals surface area contributed by atoms with E-state index in [0.717, 1.165) is 0 Å². The van der Waals surface area contributed by atoms with Crippen LogP contribution in [0.3, 0.4) is 0 Å². The molecule has 0 fully saturated rings. The summed E-state index contributed by atoms with van der Waals surface area (Å²) >= 11 is 1.72. The Balaban J connectivity index is 0.000000561. The Morgan fingerprint density at radius 1 is 1.42 bits per heavy atom. The minimum Gasteiger partial charge on any atom is -0.312 e. The van der Waals surface area contributed by atoms with Crippen molar-refractivity contribution in [2.24, 2.45) is 5.92 Å². The Bertz CT molecular complexity index is 173. The third kappa shape index (κ3) is 3.26. The van der Waals surface area contributed by atoms with Crippen molar-refractivity contribution < 1.29 is 0 Å². The van der Waals surface area contributed by atoms with Crippen molar-refractivity contribution >= 4 is 18.0 Å². The van der Waals surface area contributed by atoms with Crippen LogP contribution in [0.1, 0.15) is 20.8 Å². The third-order valence-electron chi connectivity index (χ3n) is 1.49. The lowest BCUT2D eigenvalue weighted by atomic mass is 10.1. The van der Waals surface area contributed by atoms with Crippen molar-refractivity contribution in [2.75, 3.05) is 0 Å². The van der Waals surface area contributed by atoms with Gasteiger partial charge in [-0.3, -0.25) is 0 Å². The Labute approximate surface area is 79.5 Å². The normalized spacial score (nSPS) is 26.9. The fourth-order valence-corrected chi connectivity index (χ4v) is 1.87. The molecule has 2 unspecified atom stereocenters. The van der Waals surface area contributed by atoms with Gasteiger partial charge in [0.25, 0.3) is 0 Å². The molecule has 0 saturated carbocycles. The monoisotopic (exact) mass is 183 g/mol. The molecular formula is C10H17NS. The first-order valence-electron chi connectivity index (χ1n) is 4.34. The molecule has 2 heteroatoms. The maximum Gasteiger partial charge on any atom is 0.0532 e. The number of thioether (sulfide) groups is 1. The standard InChI is InChI=1S/C8H11NS.C2H6/c1-2-3-7-4-5-10-8(7)6-9;1-2/h2-9H,1H3;1-2H3/b3-2-,9-6?;. The molecule has 1 N–H and O–H groups in total. The zero-order valence-electron chi connectivity index (χ0n) is 7.95. The van der Waals surface area contributed by atoms with Crippen molar-refractivity contribution in [1.29, 1.82) is 5.41 Å². The molecule has 0 aromatic heterocycles. The summed E-state index contributed by atoms with van der Waals surface area (Å²) in [4.78, 5) is 0. The van der Waals surface area contributed by atoms with E-state index in [1.54, 1.807) is 11.8 Å². The summed E-state index contributed by atoms with van der Waals surface area (Å²) in [7, 11) is 0. The van der Waals surface area contributed by atoms with E-state index in [9.17, 15) is 0 Å². The maximum atomic E-state index is 7.09. The maximum absolute atomic E-state index is 7.09. The zero-order chi connectivity index (χ0) is 9.40. The van der Waals surface area contributed by atoms with E-state index >= 15 is 0 Å². The lowest BCUT2D eigenvalue weighted by Crippen LogP contribution is -2.09. The predicted molar refractivity (Wildman–Crippen MR) is 59.0 cm³/mol. The highest BCUT2D eigenvalue weighted by Crippen LogP contribution is 2.28. The highest BCUT2D eigenvalue weighted by molar-refractivity contribution is 8.03. The molecule has 0 aromatic rings. The van der Waals surface area contributed by atoms with Crippen molar-refractivity contribution in [3.63, 3.8) is 0 Å². The second kappa shape index (κ2) is 7.17. The zero-order valence-corrected chi connectivity index (χ0v) is 8.77. The SMILES string of the molecule is C/C=C\C1C=CSC1C=N.CC. The highest BCUT2D eigenvalue weighted by atomic mass is 32.2. The molecular weight excluding hydrogens is 166 g/mol. The fraction of sp³-hybridized carbons (Fsp3) is 0.500. The van der Waals surface area contributed by atoms with Crippen LogP contribution in [0, 0.1) is 11.3 Å². The molecule has 12 heavy (non-hydrogen) atoms. The minimum absolute atomic E-state index is 0.344. The largest absolute Gasteiger partial charge is 0.312 e.